The Hall–Kier alpha value is -3.79. The second kappa shape index (κ2) is 22.8. The van der Waals surface area contributed by atoms with E-state index >= 15 is 0 Å². The lowest BCUT2D eigenvalue weighted by atomic mass is 9.89. The first kappa shape index (κ1) is 48.4. The number of nitrogens with one attached hydrogen (secondary N) is 3. The van der Waals surface area contributed by atoms with Crippen molar-refractivity contribution in [1.82, 2.24) is 25.8 Å². The lowest BCUT2D eigenvalue weighted by molar-refractivity contribution is -0.148. The van der Waals surface area contributed by atoms with Crippen LogP contribution in [0.2, 0.25) is 0 Å². The summed E-state index contributed by atoms with van der Waals surface area (Å²) in [7, 11) is 9.60. The molecule has 1 heterocycles. The van der Waals surface area contributed by atoms with E-state index in [0.29, 0.717) is 24.2 Å². The summed E-state index contributed by atoms with van der Waals surface area (Å²) in [5.41, 5.74) is 0.833. The van der Waals surface area contributed by atoms with E-state index in [-0.39, 0.29) is 66.2 Å². The summed E-state index contributed by atoms with van der Waals surface area (Å²) in [5, 5.41) is 22.3. The first-order valence-electron chi connectivity index (χ1n) is 19.7. The SMILES string of the molecule is CC[C@H](C)[C@@H]([C@H](CC(=O)N1C[C@H](OC)C[C@@H]1[C@H](OC)[C@@H](C)C(=O)N[C@H](C)/C(=N\O)c1cccc(OC)c1)OC)N(C)C(=O)[C@@H](NC(=O)[C@@H](NC)C(C)C)C(C)C. The van der Waals surface area contributed by atoms with Crippen LogP contribution in [0.3, 0.4) is 0 Å². The molecule has 4 N–H and O–H groups in total. The number of methoxy groups -OCH3 is 4. The van der Waals surface area contributed by atoms with Gasteiger partial charge in [0, 0.05) is 40.5 Å². The Morgan fingerprint density at radius 2 is 1.59 bits per heavy atom. The number of benzene rings is 1. The van der Waals surface area contributed by atoms with Crippen LogP contribution >= 0.6 is 0 Å². The van der Waals surface area contributed by atoms with Crippen LogP contribution in [-0.2, 0) is 33.4 Å². The van der Waals surface area contributed by atoms with Crippen LogP contribution in [-0.4, -0.2) is 142 Å². The van der Waals surface area contributed by atoms with Crippen molar-refractivity contribution >= 4 is 29.3 Å². The minimum Gasteiger partial charge on any atom is -0.497 e. The Balaban J connectivity index is 2.35. The second-order valence-corrected chi connectivity index (χ2v) is 15.7. The molecule has 1 aliphatic heterocycles. The molecule has 1 aliphatic rings. The number of oxime groups is 1. The topological polar surface area (TPSA) is 180 Å². The van der Waals surface area contributed by atoms with Gasteiger partial charge < -0.3 is 49.9 Å². The maximum absolute atomic E-state index is 14.4. The molecular formula is C41H70N6O9. The fourth-order valence-corrected chi connectivity index (χ4v) is 7.79. The van der Waals surface area contributed by atoms with Gasteiger partial charge in [-0.2, -0.15) is 0 Å². The number of hydrogen-bond donors (Lipinski definition) is 4. The first-order valence-corrected chi connectivity index (χ1v) is 19.7. The molecule has 0 radical (unpaired) electrons. The lowest BCUT2D eigenvalue weighted by Crippen LogP contribution is -2.59. The standard InChI is InChI=1S/C41H70N6O9/c1-15-25(6)37(46(10)41(51)35(24(4)5)44-40(50)34(42-9)23(2)3)32(55-13)21-33(48)47-22-30(54-12)20-31(47)38(56-14)26(7)39(49)43-27(8)36(45-52)28-17-16-18-29(19-28)53-11/h16-19,23-27,30-32,34-35,37-38,42,52H,15,20-22H2,1-14H3,(H,43,49)(H,44,50)/b45-36+/t25-,26+,27+,30+,31+,32-,34-,35-,37-,38+/m0/s1. The molecule has 10 atom stereocenters. The normalized spacial score (nSPS) is 20.4. The highest BCUT2D eigenvalue weighted by molar-refractivity contribution is 6.05. The van der Waals surface area contributed by atoms with Crippen molar-refractivity contribution in [3.8, 4) is 5.75 Å². The number of likely N-dealkylation sites (tertiary alicyclic amines) is 1. The quantitative estimate of drug-likeness (QED) is 0.0774. The Bertz CT molecular complexity index is 1460. The largest absolute Gasteiger partial charge is 0.497 e. The number of hydrogen-bond acceptors (Lipinski definition) is 11. The number of rotatable bonds is 22. The molecule has 56 heavy (non-hydrogen) atoms. The van der Waals surface area contributed by atoms with Crippen LogP contribution in [0.4, 0.5) is 0 Å². The number of carbonyl (C=O) groups is 4. The van der Waals surface area contributed by atoms with Crippen molar-refractivity contribution in [2.75, 3.05) is 49.1 Å². The van der Waals surface area contributed by atoms with E-state index in [9.17, 15) is 24.4 Å². The Morgan fingerprint density at radius 3 is 2.09 bits per heavy atom. The van der Waals surface area contributed by atoms with Gasteiger partial charge in [0.05, 0.1) is 61.9 Å². The Morgan fingerprint density at radius 1 is 0.946 bits per heavy atom. The maximum Gasteiger partial charge on any atom is 0.245 e. The molecule has 1 aromatic rings. The van der Waals surface area contributed by atoms with Gasteiger partial charge >= 0.3 is 0 Å². The maximum atomic E-state index is 14.4. The van der Waals surface area contributed by atoms with E-state index in [2.05, 4.69) is 21.1 Å². The second-order valence-electron chi connectivity index (χ2n) is 15.7. The summed E-state index contributed by atoms with van der Waals surface area (Å²) in [6.45, 7) is 15.4. The van der Waals surface area contributed by atoms with Crippen LogP contribution in [0.15, 0.2) is 29.4 Å². The molecule has 0 unspecified atom stereocenters. The average molecular weight is 791 g/mol. The highest BCUT2D eigenvalue weighted by Crippen LogP contribution is 2.31. The molecule has 1 saturated heterocycles. The van der Waals surface area contributed by atoms with Crippen molar-refractivity contribution in [3.63, 3.8) is 0 Å². The molecule has 15 nitrogen and oxygen atoms in total. The van der Waals surface area contributed by atoms with Crippen LogP contribution in [0.25, 0.3) is 0 Å². The fraction of sp³-hybridized carbons (Fsp3) is 0.732. The van der Waals surface area contributed by atoms with Crippen molar-refractivity contribution < 1.29 is 43.3 Å². The number of nitrogens with zero attached hydrogens (tertiary/aromatic N) is 3. The minimum absolute atomic E-state index is 0.0152. The van der Waals surface area contributed by atoms with Gasteiger partial charge in [0.15, 0.2) is 0 Å². The molecule has 0 saturated carbocycles. The number of ether oxygens (including phenoxy) is 4. The van der Waals surface area contributed by atoms with Crippen molar-refractivity contribution in [2.45, 2.75) is 123 Å². The van der Waals surface area contributed by atoms with E-state index in [1.54, 1.807) is 69.1 Å². The predicted molar refractivity (Wildman–Crippen MR) is 216 cm³/mol. The number of likely N-dealkylation sites (N-methyl/N-ethyl adjacent to an activating group) is 2. The van der Waals surface area contributed by atoms with E-state index in [0.717, 1.165) is 0 Å². The zero-order chi connectivity index (χ0) is 42.4. The van der Waals surface area contributed by atoms with E-state index in [1.807, 2.05) is 41.5 Å². The van der Waals surface area contributed by atoms with Crippen LogP contribution in [0.1, 0.15) is 80.2 Å². The molecule has 4 amide bonds. The van der Waals surface area contributed by atoms with Crippen LogP contribution < -0.4 is 20.7 Å². The summed E-state index contributed by atoms with van der Waals surface area (Å²) in [4.78, 5) is 58.9. The third-order valence-electron chi connectivity index (χ3n) is 11.3. The summed E-state index contributed by atoms with van der Waals surface area (Å²) < 4.78 is 23.0. The lowest BCUT2D eigenvalue weighted by Gasteiger charge is -2.41. The third kappa shape index (κ3) is 12.1. The summed E-state index contributed by atoms with van der Waals surface area (Å²) >= 11 is 0. The molecule has 0 aromatic heterocycles. The molecule has 1 aromatic carbocycles. The van der Waals surface area contributed by atoms with Gasteiger partial charge in [0.25, 0.3) is 0 Å². The van der Waals surface area contributed by atoms with Gasteiger partial charge in [-0.1, -0.05) is 72.2 Å². The summed E-state index contributed by atoms with van der Waals surface area (Å²) in [6, 6.07) is 4.06. The molecule has 2 rings (SSSR count). The van der Waals surface area contributed by atoms with Gasteiger partial charge in [-0.05, 0) is 50.3 Å². The highest BCUT2D eigenvalue weighted by Gasteiger charge is 2.46. The zero-order valence-electron chi connectivity index (χ0n) is 36.1. The van der Waals surface area contributed by atoms with Gasteiger partial charge in [-0.3, -0.25) is 19.2 Å². The van der Waals surface area contributed by atoms with E-state index in [4.69, 9.17) is 18.9 Å². The highest BCUT2D eigenvalue weighted by atomic mass is 16.5. The third-order valence-corrected chi connectivity index (χ3v) is 11.3. The van der Waals surface area contributed by atoms with Gasteiger partial charge in [0.2, 0.25) is 23.6 Å². The van der Waals surface area contributed by atoms with E-state index < -0.39 is 48.3 Å². The Kier molecular flexibility index (Phi) is 19.7. The molecule has 0 aliphatic carbocycles. The molecule has 1 fully saturated rings. The monoisotopic (exact) mass is 791 g/mol. The Labute approximate surface area is 334 Å². The van der Waals surface area contributed by atoms with Gasteiger partial charge in [0.1, 0.15) is 17.5 Å². The minimum atomic E-state index is -0.791. The summed E-state index contributed by atoms with van der Waals surface area (Å²) in [6.07, 6.45) is -0.598. The van der Waals surface area contributed by atoms with Crippen molar-refractivity contribution in [1.29, 1.82) is 0 Å². The predicted octanol–water partition coefficient (Wildman–Crippen LogP) is 3.31. The van der Waals surface area contributed by atoms with Crippen LogP contribution in [0.5, 0.6) is 5.75 Å². The number of amides is 4. The van der Waals surface area contributed by atoms with Crippen LogP contribution in [0, 0.1) is 23.7 Å². The number of carbonyl (C=O) groups excluding carboxylic acids is 4. The summed E-state index contributed by atoms with van der Waals surface area (Å²) in [5.74, 6) is -1.49. The van der Waals surface area contributed by atoms with Gasteiger partial charge in [-0.25, -0.2) is 0 Å². The average Bonchev–Trinajstić information content (AvgIpc) is 3.61. The van der Waals surface area contributed by atoms with Crippen molar-refractivity contribution in [2.24, 2.45) is 28.8 Å². The van der Waals surface area contributed by atoms with Gasteiger partial charge in [-0.15, -0.1) is 0 Å². The fourth-order valence-electron chi connectivity index (χ4n) is 7.79. The molecule has 15 heteroatoms. The first-order chi connectivity index (χ1) is 26.5. The van der Waals surface area contributed by atoms with Crippen molar-refractivity contribution in [3.05, 3.63) is 29.8 Å². The molecule has 0 spiro atoms. The molecule has 318 valence electrons. The molecular weight excluding hydrogens is 720 g/mol. The molecule has 0 bridgehead atoms. The van der Waals surface area contributed by atoms with E-state index in [1.165, 1.54) is 21.3 Å². The smallest absolute Gasteiger partial charge is 0.245 e. The zero-order valence-corrected chi connectivity index (χ0v) is 36.1.